The molecule has 0 heterocycles. The van der Waals surface area contributed by atoms with Crippen molar-refractivity contribution in [2.45, 2.75) is 52.7 Å². The molecule has 0 unspecified atom stereocenters. The third-order valence-electron chi connectivity index (χ3n) is 3.17. The average molecular weight is 355 g/mol. The monoisotopic (exact) mass is 354 g/mol. The van der Waals surface area contributed by atoms with Gasteiger partial charge in [0.1, 0.15) is 6.04 Å². The van der Waals surface area contributed by atoms with Crippen LogP contribution in [0.4, 0.5) is 0 Å². The number of benzene rings is 1. The molecule has 0 bridgehead atoms. The first-order chi connectivity index (χ1) is 9.85. The molecule has 1 rings (SSSR count). The molecule has 0 saturated heterocycles. The van der Waals surface area contributed by atoms with E-state index in [1.807, 2.05) is 45.0 Å². The highest BCUT2D eigenvalue weighted by Gasteiger charge is 2.25. The Morgan fingerprint density at radius 1 is 1.19 bits per heavy atom. The molecule has 4 nitrogen and oxygen atoms in total. The first kappa shape index (κ1) is 17.7. The third kappa shape index (κ3) is 5.50. The summed E-state index contributed by atoms with van der Waals surface area (Å²) in [7, 11) is 0. The zero-order chi connectivity index (χ0) is 16.0. The SMILES string of the molecule is CCC(=O)N(Cc1ccc(Br)cc1)[C@H](C)C(=O)NC(C)C. The number of hydrogen-bond donors (Lipinski definition) is 1. The first-order valence-corrected chi connectivity index (χ1v) is 7.98. The summed E-state index contributed by atoms with van der Waals surface area (Å²) in [4.78, 5) is 25.9. The van der Waals surface area contributed by atoms with Crippen LogP contribution in [0.1, 0.15) is 39.7 Å². The van der Waals surface area contributed by atoms with Crippen LogP contribution in [0.25, 0.3) is 0 Å². The topological polar surface area (TPSA) is 49.4 Å². The van der Waals surface area contributed by atoms with E-state index >= 15 is 0 Å². The molecule has 0 fully saturated rings. The molecule has 0 spiro atoms. The molecule has 1 aromatic carbocycles. The molecule has 2 amide bonds. The van der Waals surface area contributed by atoms with Gasteiger partial charge < -0.3 is 10.2 Å². The fourth-order valence-corrected chi connectivity index (χ4v) is 2.24. The molecule has 21 heavy (non-hydrogen) atoms. The van der Waals surface area contributed by atoms with Crippen LogP contribution in [-0.2, 0) is 16.1 Å². The maximum atomic E-state index is 12.2. The Morgan fingerprint density at radius 2 is 1.76 bits per heavy atom. The summed E-state index contributed by atoms with van der Waals surface area (Å²) < 4.78 is 0.991. The van der Waals surface area contributed by atoms with Gasteiger partial charge in [0, 0.05) is 23.5 Å². The molecule has 1 atom stereocenters. The highest BCUT2D eigenvalue weighted by molar-refractivity contribution is 9.10. The van der Waals surface area contributed by atoms with Gasteiger partial charge in [-0.2, -0.15) is 0 Å². The molecule has 1 aromatic rings. The van der Waals surface area contributed by atoms with Gasteiger partial charge in [-0.05, 0) is 38.5 Å². The third-order valence-corrected chi connectivity index (χ3v) is 3.70. The summed E-state index contributed by atoms with van der Waals surface area (Å²) in [6.07, 6.45) is 0.385. The van der Waals surface area contributed by atoms with Crippen molar-refractivity contribution in [2.24, 2.45) is 0 Å². The highest BCUT2D eigenvalue weighted by atomic mass is 79.9. The van der Waals surface area contributed by atoms with Crippen molar-refractivity contribution >= 4 is 27.7 Å². The summed E-state index contributed by atoms with van der Waals surface area (Å²) in [5.41, 5.74) is 1.00. The summed E-state index contributed by atoms with van der Waals surface area (Å²) in [6.45, 7) is 7.83. The minimum absolute atomic E-state index is 0.0238. The Labute approximate surface area is 135 Å². The number of carbonyl (C=O) groups is 2. The van der Waals surface area contributed by atoms with E-state index in [4.69, 9.17) is 0 Å². The Hall–Kier alpha value is -1.36. The molecule has 5 heteroatoms. The second kappa shape index (κ2) is 8.17. The number of nitrogens with zero attached hydrogens (tertiary/aromatic N) is 1. The molecule has 116 valence electrons. The van der Waals surface area contributed by atoms with Crippen LogP contribution in [0, 0.1) is 0 Å². The minimum Gasteiger partial charge on any atom is -0.352 e. The predicted octanol–water partition coefficient (Wildman–Crippen LogP) is 3.10. The van der Waals surface area contributed by atoms with Crippen molar-refractivity contribution in [3.63, 3.8) is 0 Å². The number of rotatable bonds is 6. The molecular weight excluding hydrogens is 332 g/mol. The van der Waals surface area contributed by atoms with Crippen LogP contribution < -0.4 is 5.32 Å². The molecule has 0 aliphatic heterocycles. The Kier molecular flexibility index (Phi) is 6.89. The molecule has 0 aliphatic carbocycles. The van der Waals surface area contributed by atoms with E-state index in [9.17, 15) is 9.59 Å². The second-order valence-corrected chi connectivity index (χ2v) is 6.26. The van der Waals surface area contributed by atoms with E-state index in [0.29, 0.717) is 13.0 Å². The maximum Gasteiger partial charge on any atom is 0.242 e. The van der Waals surface area contributed by atoms with Gasteiger partial charge in [-0.15, -0.1) is 0 Å². The molecule has 1 N–H and O–H groups in total. The van der Waals surface area contributed by atoms with Crippen molar-refractivity contribution in [3.05, 3.63) is 34.3 Å². The molecular formula is C16H23BrN2O2. The van der Waals surface area contributed by atoms with E-state index in [2.05, 4.69) is 21.2 Å². The van der Waals surface area contributed by atoms with Crippen LogP contribution in [0.3, 0.4) is 0 Å². The van der Waals surface area contributed by atoms with Crippen LogP contribution in [0.15, 0.2) is 28.7 Å². The summed E-state index contributed by atoms with van der Waals surface area (Å²) in [5, 5.41) is 2.86. The average Bonchev–Trinajstić information content (AvgIpc) is 2.44. The van der Waals surface area contributed by atoms with Crippen molar-refractivity contribution in [2.75, 3.05) is 0 Å². The lowest BCUT2D eigenvalue weighted by Gasteiger charge is -2.29. The number of halogens is 1. The van der Waals surface area contributed by atoms with Gasteiger partial charge in [-0.3, -0.25) is 9.59 Å². The van der Waals surface area contributed by atoms with Gasteiger partial charge in [0.25, 0.3) is 0 Å². The quantitative estimate of drug-likeness (QED) is 0.853. The number of carbonyl (C=O) groups excluding carboxylic acids is 2. The predicted molar refractivity (Wildman–Crippen MR) is 87.7 cm³/mol. The van der Waals surface area contributed by atoms with Gasteiger partial charge in [0.15, 0.2) is 0 Å². The van der Waals surface area contributed by atoms with E-state index in [1.54, 1.807) is 11.8 Å². The zero-order valence-corrected chi connectivity index (χ0v) is 14.6. The summed E-state index contributed by atoms with van der Waals surface area (Å²) in [5.74, 6) is -0.145. The minimum atomic E-state index is -0.483. The van der Waals surface area contributed by atoms with Crippen LogP contribution in [0.5, 0.6) is 0 Å². The van der Waals surface area contributed by atoms with Crippen molar-refractivity contribution in [1.29, 1.82) is 0 Å². The number of nitrogens with one attached hydrogen (secondary N) is 1. The van der Waals surface area contributed by atoms with Crippen LogP contribution in [-0.4, -0.2) is 28.8 Å². The fourth-order valence-electron chi connectivity index (χ4n) is 1.98. The number of hydrogen-bond acceptors (Lipinski definition) is 2. The number of amides is 2. The lowest BCUT2D eigenvalue weighted by molar-refractivity contribution is -0.140. The highest BCUT2D eigenvalue weighted by Crippen LogP contribution is 2.14. The molecule has 0 saturated carbocycles. The fraction of sp³-hybridized carbons (Fsp3) is 0.500. The van der Waals surface area contributed by atoms with Gasteiger partial charge >= 0.3 is 0 Å². The Balaban J connectivity index is 2.87. The standard InChI is InChI=1S/C16H23BrN2O2/c1-5-15(20)19(12(4)16(21)18-11(2)3)10-13-6-8-14(17)9-7-13/h6-9,11-12H,5,10H2,1-4H3,(H,18,21)/t12-/m1/s1. The smallest absolute Gasteiger partial charge is 0.242 e. The maximum absolute atomic E-state index is 12.2. The van der Waals surface area contributed by atoms with E-state index in [0.717, 1.165) is 10.0 Å². The van der Waals surface area contributed by atoms with E-state index in [1.165, 1.54) is 0 Å². The largest absolute Gasteiger partial charge is 0.352 e. The van der Waals surface area contributed by atoms with Crippen molar-refractivity contribution in [1.82, 2.24) is 10.2 Å². The molecule has 0 aromatic heterocycles. The summed E-state index contributed by atoms with van der Waals surface area (Å²) in [6, 6.07) is 7.35. The Morgan fingerprint density at radius 3 is 2.24 bits per heavy atom. The summed E-state index contributed by atoms with van der Waals surface area (Å²) >= 11 is 3.39. The van der Waals surface area contributed by atoms with Crippen LogP contribution >= 0.6 is 15.9 Å². The Bertz CT molecular complexity index is 486. The lowest BCUT2D eigenvalue weighted by Crippen LogP contribution is -2.48. The van der Waals surface area contributed by atoms with Gasteiger partial charge in [-0.1, -0.05) is 35.0 Å². The van der Waals surface area contributed by atoms with Gasteiger partial charge in [-0.25, -0.2) is 0 Å². The van der Waals surface area contributed by atoms with Crippen LogP contribution in [0.2, 0.25) is 0 Å². The second-order valence-electron chi connectivity index (χ2n) is 5.34. The normalized spacial score (nSPS) is 12.1. The molecule has 0 radical (unpaired) electrons. The van der Waals surface area contributed by atoms with Crippen molar-refractivity contribution < 1.29 is 9.59 Å². The van der Waals surface area contributed by atoms with E-state index in [-0.39, 0.29) is 17.9 Å². The van der Waals surface area contributed by atoms with E-state index < -0.39 is 6.04 Å². The first-order valence-electron chi connectivity index (χ1n) is 7.19. The molecule has 0 aliphatic rings. The van der Waals surface area contributed by atoms with Crippen molar-refractivity contribution in [3.8, 4) is 0 Å². The van der Waals surface area contributed by atoms with Gasteiger partial charge in [0.2, 0.25) is 11.8 Å². The zero-order valence-electron chi connectivity index (χ0n) is 13.0. The van der Waals surface area contributed by atoms with Gasteiger partial charge in [0.05, 0.1) is 0 Å². The lowest BCUT2D eigenvalue weighted by atomic mass is 10.1.